The second-order valence-electron chi connectivity index (χ2n) is 6.22. The Hall–Kier alpha value is -0.120. The maximum Gasteiger partial charge on any atom is 0.0590 e. The number of ether oxygens (including phenoxy) is 1. The van der Waals surface area contributed by atoms with Gasteiger partial charge >= 0.3 is 0 Å². The van der Waals surface area contributed by atoms with Gasteiger partial charge in [-0.05, 0) is 37.5 Å². The van der Waals surface area contributed by atoms with Crippen molar-refractivity contribution in [3.8, 4) is 0 Å². The van der Waals surface area contributed by atoms with E-state index in [0.717, 1.165) is 37.6 Å². The van der Waals surface area contributed by atoms with Crippen molar-refractivity contribution < 1.29 is 4.74 Å². The van der Waals surface area contributed by atoms with E-state index in [1.54, 1.807) is 7.11 Å². The van der Waals surface area contributed by atoms with Crippen LogP contribution in [-0.2, 0) is 4.74 Å². The molecule has 0 aromatic heterocycles. The highest BCUT2D eigenvalue weighted by Gasteiger charge is 2.58. The van der Waals surface area contributed by atoms with Crippen LogP contribution in [0.3, 0.4) is 0 Å². The van der Waals surface area contributed by atoms with Crippen molar-refractivity contribution in [1.29, 1.82) is 0 Å². The highest BCUT2D eigenvalue weighted by atomic mass is 16.5. The fraction of sp³-hybridized carbons (Fsp3) is 1.00. The molecular weight excluding hydrogens is 212 g/mol. The van der Waals surface area contributed by atoms with Gasteiger partial charge in [-0.25, -0.2) is 0 Å². The number of rotatable bonds is 6. The second-order valence-corrected chi connectivity index (χ2v) is 6.22. The summed E-state index contributed by atoms with van der Waals surface area (Å²) in [4.78, 5) is 2.74. The molecule has 0 amide bonds. The summed E-state index contributed by atoms with van der Waals surface area (Å²) < 4.78 is 5.30. The van der Waals surface area contributed by atoms with Gasteiger partial charge in [0.2, 0.25) is 0 Å². The van der Waals surface area contributed by atoms with Crippen LogP contribution < -0.4 is 5.73 Å². The Bertz CT molecular complexity index is 279. The fourth-order valence-corrected chi connectivity index (χ4v) is 4.15. The summed E-state index contributed by atoms with van der Waals surface area (Å²) in [5.74, 6) is 1.90. The van der Waals surface area contributed by atoms with Gasteiger partial charge in [-0.3, -0.25) is 4.90 Å². The second kappa shape index (κ2) is 4.52. The van der Waals surface area contributed by atoms with Crippen molar-refractivity contribution in [3.63, 3.8) is 0 Å². The molecule has 3 unspecified atom stereocenters. The molecule has 3 nitrogen and oxygen atoms in total. The fourth-order valence-electron chi connectivity index (χ4n) is 4.15. The Kier molecular flexibility index (Phi) is 3.18. The first-order valence-electron chi connectivity index (χ1n) is 7.27. The Labute approximate surface area is 105 Å². The van der Waals surface area contributed by atoms with Crippen molar-refractivity contribution in [1.82, 2.24) is 4.90 Å². The lowest BCUT2D eigenvalue weighted by molar-refractivity contribution is 0.0158. The number of nitrogens with zero attached hydrogens (tertiary/aromatic N) is 1. The van der Waals surface area contributed by atoms with Crippen LogP contribution in [0.4, 0.5) is 0 Å². The minimum absolute atomic E-state index is 0.336. The van der Waals surface area contributed by atoms with Gasteiger partial charge in [0.1, 0.15) is 0 Å². The van der Waals surface area contributed by atoms with Crippen LogP contribution in [0, 0.1) is 11.8 Å². The zero-order valence-electron chi connectivity index (χ0n) is 11.0. The van der Waals surface area contributed by atoms with Crippen LogP contribution in [0.2, 0.25) is 0 Å². The quantitative estimate of drug-likeness (QED) is 0.764. The van der Waals surface area contributed by atoms with E-state index in [1.165, 1.54) is 38.5 Å². The smallest absolute Gasteiger partial charge is 0.0590 e. The molecule has 3 rings (SSSR count). The number of methoxy groups -OCH3 is 1. The molecule has 0 heterocycles. The summed E-state index contributed by atoms with van der Waals surface area (Å²) in [5.41, 5.74) is 6.55. The molecule has 0 radical (unpaired) electrons. The summed E-state index contributed by atoms with van der Waals surface area (Å²) in [6.07, 6.45) is 8.35. The van der Waals surface area contributed by atoms with Gasteiger partial charge in [0.15, 0.2) is 0 Å². The van der Waals surface area contributed by atoms with Gasteiger partial charge in [0, 0.05) is 31.8 Å². The molecule has 2 N–H and O–H groups in total. The van der Waals surface area contributed by atoms with E-state index in [0.29, 0.717) is 5.54 Å². The molecule has 0 bridgehead atoms. The Morgan fingerprint density at radius 1 is 1.35 bits per heavy atom. The molecule has 0 saturated heterocycles. The molecule has 3 saturated carbocycles. The average molecular weight is 238 g/mol. The van der Waals surface area contributed by atoms with Crippen LogP contribution in [0.15, 0.2) is 0 Å². The molecule has 3 heteroatoms. The number of hydrogen-bond acceptors (Lipinski definition) is 3. The van der Waals surface area contributed by atoms with Crippen LogP contribution in [-0.4, -0.2) is 43.3 Å². The van der Waals surface area contributed by atoms with E-state index in [1.807, 2.05) is 0 Å². The van der Waals surface area contributed by atoms with Crippen LogP contribution in [0.1, 0.15) is 38.5 Å². The average Bonchev–Trinajstić information content (AvgIpc) is 3.21. The third-order valence-corrected chi connectivity index (χ3v) is 5.25. The third kappa shape index (κ3) is 2.02. The number of nitrogens with two attached hydrogens (primary N) is 1. The van der Waals surface area contributed by atoms with Crippen LogP contribution >= 0.6 is 0 Å². The van der Waals surface area contributed by atoms with Crippen molar-refractivity contribution >= 4 is 0 Å². The molecule has 3 aliphatic rings. The summed E-state index contributed by atoms with van der Waals surface area (Å²) >= 11 is 0. The van der Waals surface area contributed by atoms with Gasteiger partial charge in [-0.1, -0.05) is 12.8 Å². The molecule has 0 spiro atoms. The van der Waals surface area contributed by atoms with E-state index in [4.69, 9.17) is 10.5 Å². The highest BCUT2D eigenvalue weighted by molar-refractivity contribution is 5.13. The molecule has 3 atom stereocenters. The third-order valence-electron chi connectivity index (χ3n) is 5.25. The van der Waals surface area contributed by atoms with E-state index >= 15 is 0 Å². The Morgan fingerprint density at radius 3 is 2.82 bits per heavy atom. The van der Waals surface area contributed by atoms with E-state index in [2.05, 4.69) is 4.90 Å². The van der Waals surface area contributed by atoms with E-state index < -0.39 is 0 Å². The number of hydrogen-bond donors (Lipinski definition) is 1. The molecule has 3 fully saturated rings. The molecule has 98 valence electrons. The van der Waals surface area contributed by atoms with Crippen molar-refractivity contribution in [2.75, 3.05) is 26.8 Å². The normalized spacial score (nSPS) is 40.4. The van der Waals surface area contributed by atoms with Crippen molar-refractivity contribution in [2.45, 2.75) is 50.1 Å². The maximum atomic E-state index is 6.21. The zero-order chi connectivity index (χ0) is 11.9. The summed E-state index contributed by atoms with van der Waals surface area (Å²) in [5, 5.41) is 0. The summed E-state index contributed by atoms with van der Waals surface area (Å²) in [6, 6.07) is 0.813. The lowest BCUT2D eigenvalue weighted by Gasteiger charge is -2.46. The zero-order valence-corrected chi connectivity index (χ0v) is 11.0. The van der Waals surface area contributed by atoms with E-state index in [-0.39, 0.29) is 0 Å². The monoisotopic (exact) mass is 238 g/mol. The van der Waals surface area contributed by atoms with Gasteiger partial charge < -0.3 is 10.5 Å². The first kappa shape index (κ1) is 11.9. The topological polar surface area (TPSA) is 38.5 Å². The first-order valence-corrected chi connectivity index (χ1v) is 7.27. The van der Waals surface area contributed by atoms with E-state index in [9.17, 15) is 0 Å². The Balaban J connectivity index is 1.76. The minimum atomic E-state index is 0.336. The van der Waals surface area contributed by atoms with Crippen LogP contribution in [0.5, 0.6) is 0 Å². The molecule has 0 aromatic carbocycles. The standard InChI is InChI=1S/C14H26N2O/c1-17-8-7-16(12-4-5-12)14(10-15)6-2-3-11-9-13(11)14/h11-13H,2-10,15H2,1H3. The van der Waals surface area contributed by atoms with Crippen LogP contribution in [0.25, 0.3) is 0 Å². The van der Waals surface area contributed by atoms with Gasteiger partial charge in [0.25, 0.3) is 0 Å². The highest BCUT2D eigenvalue weighted by Crippen LogP contribution is 2.58. The molecule has 3 aliphatic carbocycles. The van der Waals surface area contributed by atoms with Crippen molar-refractivity contribution in [3.05, 3.63) is 0 Å². The van der Waals surface area contributed by atoms with Gasteiger partial charge in [-0.2, -0.15) is 0 Å². The summed E-state index contributed by atoms with van der Waals surface area (Å²) in [7, 11) is 1.81. The predicted octanol–water partition coefficient (Wildman–Crippen LogP) is 1.61. The molecule has 17 heavy (non-hydrogen) atoms. The molecule has 0 aromatic rings. The van der Waals surface area contributed by atoms with Gasteiger partial charge in [-0.15, -0.1) is 0 Å². The number of fused-ring (bicyclic) bond motifs is 1. The predicted molar refractivity (Wildman–Crippen MR) is 68.8 cm³/mol. The summed E-state index contributed by atoms with van der Waals surface area (Å²) in [6.45, 7) is 2.80. The maximum absolute atomic E-state index is 6.21. The first-order chi connectivity index (χ1) is 8.31. The largest absolute Gasteiger partial charge is 0.383 e. The van der Waals surface area contributed by atoms with Crippen molar-refractivity contribution in [2.24, 2.45) is 17.6 Å². The Morgan fingerprint density at radius 2 is 2.18 bits per heavy atom. The SMILES string of the molecule is COCCN(C1CC1)C1(CN)CCCC2CC21. The minimum Gasteiger partial charge on any atom is -0.383 e. The molecular formula is C14H26N2O. The lowest BCUT2D eigenvalue weighted by atomic mass is 9.79. The lowest BCUT2D eigenvalue weighted by Crippen LogP contribution is -2.58. The molecule has 0 aliphatic heterocycles. The van der Waals surface area contributed by atoms with Gasteiger partial charge in [0.05, 0.1) is 6.61 Å².